The molecule has 5 nitrogen and oxygen atoms in total. The van der Waals surface area contributed by atoms with Crippen LogP contribution >= 0.6 is 0 Å². The topological polar surface area (TPSA) is 46.8 Å². The van der Waals surface area contributed by atoms with Crippen LogP contribution in [0.4, 0.5) is 17.1 Å². The van der Waals surface area contributed by atoms with Gasteiger partial charge in [0, 0.05) is 49.7 Å². The van der Waals surface area contributed by atoms with E-state index < -0.39 is 0 Å². The second kappa shape index (κ2) is 18.3. The summed E-state index contributed by atoms with van der Waals surface area (Å²) in [5.74, 6) is 1.84. The Morgan fingerprint density at radius 1 is 0.300 bits per heavy atom. The SMILES string of the molecule is CC1(C)c2ccccc2-c2ccc(-c3nc(-c4ccccc4)nc(-n4c5ccc(-c6ccc(N(c7ccc(-c8ccccc8)cc7)c7ccccc7-c7ccccc7)cc6)cc5c5cc6c(cc54)C(C)(C)c4ccccc4-6)n3)cc21. The summed E-state index contributed by atoms with van der Waals surface area (Å²) in [4.78, 5) is 18.6. The zero-order chi connectivity index (χ0) is 53.7. The minimum absolute atomic E-state index is 0.183. The van der Waals surface area contributed by atoms with Gasteiger partial charge < -0.3 is 4.90 Å². The first kappa shape index (κ1) is 47.3. The highest BCUT2D eigenvalue weighted by molar-refractivity contribution is 6.12. The molecule has 0 fully saturated rings. The molecule has 13 aromatic rings. The fourth-order valence-corrected chi connectivity index (χ4v) is 13.0. The van der Waals surface area contributed by atoms with E-state index in [9.17, 15) is 0 Å². The largest absolute Gasteiger partial charge is 0.310 e. The van der Waals surface area contributed by atoms with Crippen LogP contribution in [0, 0.1) is 0 Å². The van der Waals surface area contributed by atoms with Crippen LogP contribution in [0.25, 0.3) is 106 Å². The van der Waals surface area contributed by atoms with E-state index in [0.717, 1.165) is 66.7 Å². The van der Waals surface area contributed by atoms with E-state index in [4.69, 9.17) is 15.0 Å². The van der Waals surface area contributed by atoms with Gasteiger partial charge in [0.15, 0.2) is 11.6 Å². The minimum atomic E-state index is -0.220. The maximum Gasteiger partial charge on any atom is 0.238 e. The molecule has 0 unspecified atom stereocenters. The van der Waals surface area contributed by atoms with Crippen LogP contribution in [0.5, 0.6) is 0 Å². The summed E-state index contributed by atoms with van der Waals surface area (Å²) in [6.45, 7) is 9.34. The summed E-state index contributed by atoms with van der Waals surface area (Å²) in [5.41, 5.74) is 24.1. The average molecular weight is 1030 g/mol. The molecule has 0 saturated heterocycles. The van der Waals surface area contributed by atoms with Crippen molar-refractivity contribution in [2.45, 2.75) is 38.5 Å². The molecule has 380 valence electrons. The van der Waals surface area contributed by atoms with E-state index >= 15 is 0 Å². The molecule has 2 aromatic heterocycles. The first-order valence-corrected chi connectivity index (χ1v) is 27.7. The Kier molecular flexibility index (Phi) is 10.8. The number of fused-ring (bicyclic) bond motifs is 9. The Labute approximate surface area is 466 Å². The molecular weight excluding hydrogens is 971 g/mol. The lowest BCUT2D eigenvalue weighted by Gasteiger charge is -2.28. The van der Waals surface area contributed by atoms with Crippen molar-refractivity contribution >= 4 is 38.9 Å². The third-order valence-electron chi connectivity index (χ3n) is 17.1. The number of aromatic nitrogens is 4. The number of para-hydroxylation sites is 1. The molecular formula is C75H55N5. The standard InChI is InChI=1S/C75H55N5/c1-74(2)64-29-17-14-27-58(64)60-42-36-54(45-66(60)74)72-76-71(52-24-12-7-13-25-52)77-73(78-72)80-69-43-37-53(44-62(69)63-46-61-59-28-15-18-30-65(59)75(3,4)67(61)47-70(63)80)50-34-40-56(41-35-50)79(55-38-32-49(33-39-55)48-20-8-5-9-21-48)68-31-19-16-26-57(68)51-22-10-6-11-23-51/h5-47H,1-4H3. The second-order valence-electron chi connectivity index (χ2n) is 22.4. The van der Waals surface area contributed by atoms with E-state index in [1.807, 2.05) is 6.07 Å². The van der Waals surface area contributed by atoms with Crippen molar-refractivity contribution in [3.05, 3.63) is 283 Å². The maximum atomic E-state index is 5.50. The van der Waals surface area contributed by atoms with E-state index in [0.29, 0.717) is 17.6 Å². The van der Waals surface area contributed by atoms with Crippen molar-refractivity contribution in [2.75, 3.05) is 4.90 Å². The van der Waals surface area contributed by atoms with Crippen LogP contribution in [0.15, 0.2) is 261 Å². The predicted octanol–water partition coefficient (Wildman–Crippen LogP) is 19.4. The first-order valence-electron chi connectivity index (χ1n) is 27.7. The van der Waals surface area contributed by atoms with Crippen molar-refractivity contribution in [1.82, 2.24) is 19.5 Å². The molecule has 11 aromatic carbocycles. The molecule has 0 bridgehead atoms. The van der Waals surface area contributed by atoms with Gasteiger partial charge in [-0.05, 0) is 133 Å². The molecule has 15 rings (SSSR count). The minimum Gasteiger partial charge on any atom is -0.310 e. The quantitative estimate of drug-likeness (QED) is 0.145. The molecule has 2 aliphatic rings. The highest BCUT2D eigenvalue weighted by Gasteiger charge is 2.38. The van der Waals surface area contributed by atoms with Gasteiger partial charge in [-0.2, -0.15) is 9.97 Å². The molecule has 0 saturated carbocycles. The van der Waals surface area contributed by atoms with Crippen molar-refractivity contribution in [3.8, 4) is 84.4 Å². The second-order valence-corrected chi connectivity index (χ2v) is 22.4. The summed E-state index contributed by atoms with van der Waals surface area (Å²) in [6.07, 6.45) is 0. The summed E-state index contributed by atoms with van der Waals surface area (Å²) >= 11 is 0. The van der Waals surface area contributed by atoms with Crippen molar-refractivity contribution < 1.29 is 0 Å². The lowest BCUT2D eigenvalue weighted by Crippen LogP contribution is -2.15. The Bertz CT molecular complexity index is 4560. The molecule has 2 heterocycles. The molecule has 0 radical (unpaired) electrons. The van der Waals surface area contributed by atoms with Gasteiger partial charge in [-0.15, -0.1) is 0 Å². The third kappa shape index (κ3) is 7.56. The van der Waals surface area contributed by atoms with Gasteiger partial charge >= 0.3 is 0 Å². The fraction of sp³-hybridized carbons (Fsp3) is 0.0800. The predicted molar refractivity (Wildman–Crippen MR) is 331 cm³/mol. The molecule has 0 aliphatic heterocycles. The molecule has 0 amide bonds. The van der Waals surface area contributed by atoms with Crippen LogP contribution in [0.1, 0.15) is 49.9 Å². The number of rotatable bonds is 9. The summed E-state index contributed by atoms with van der Waals surface area (Å²) in [5, 5.41) is 2.27. The van der Waals surface area contributed by atoms with Crippen LogP contribution in [0.2, 0.25) is 0 Å². The molecule has 5 heteroatoms. The number of hydrogen-bond donors (Lipinski definition) is 0. The van der Waals surface area contributed by atoms with E-state index in [1.54, 1.807) is 0 Å². The van der Waals surface area contributed by atoms with Gasteiger partial charge in [0.05, 0.1) is 16.7 Å². The monoisotopic (exact) mass is 1030 g/mol. The Morgan fingerprint density at radius 3 is 1.39 bits per heavy atom. The Morgan fingerprint density at radius 2 is 0.750 bits per heavy atom. The number of benzene rings is 11. The van der Waals surface area contributed by atoms with Gasteiger partial charge in [-0.25, -0.2) is 4.98 Å². The Hall–Kier alpha value is -9.97. The van der Waals surface area contributed by atoms with Crippen LogP contribution < -0.4 is 4.90 Å². The lowest BCUT2D eigenvalue weighted by atomic mass is 9.82. The highest BCUT2D eigenvalue weighted by atomic mass is 15.2. The average Bonchev–Trinajstić information content (AvgIpc) is 4.11. The van der Waals surface area contributed by atoms with Crippen molar-refractivity contribution in [3.63, 3.8) is 0 Å². The summed E-state index contributed by atoms with van der Waals surface area (Å²) in [7, 11) is 0. The zero-order valence-corrected chi connectivity index (χ0v) is 45.1. The fourth-order valence-electron chi connectivity index (χ4n) is 13.0. The van der Waals surface area contributed by atoms with Crippen LogP contribution in [-0.2, 0) is 10.8 Å². The van der Waals surface area contributed by atoms with E-state index in [2.05, 4.69) is 292 Å². The lowest BCUT2D eigenvalue weighted by molar-refractivity contribution is 0.660. The van der Waals surface area contributed by atoms with Crippen molar-refractivity contribution in [2.24, 2.45) is 0 Å². The first-order chi connectivity index (χ1) is 39.2. The zero-order valence-electron chi connectivity index (χ0n) is 45.1. The molecule has 0 spiro atoms. The van der Waals surface area contributed by atoms with E-state index in [-0.39, 0.29) is 10.8 Å². The molecule has 80 heavy (non-hydrogen) atoms. The maximum absolute atomic E-state index is 5.50. The van der Waals surface area contributed by atoms with Crippen molar-refractivity contribution in [1.29, 1.82) is 0 Å². The van der Waals surface area contributed by atoms with Gasteiger partial charge in [-0.3, -0.25) is 4.57 Å². The smallest absolute Gasteiger partial charge is 0.238 e. The van der Waals surface area contributed by atoms with Gasteiger partial charge in [0.25, 0.3) is 0 Å². The van der Waals surface area contributed by atoms with E-state index in [1.165, 1.54) is 61.2 Å². The Balaban J connectivity index is 0.896. The summed E-state index contributed by atoms with van der Waals surface area (Å²) in [6, 6.07) is 94.4. The highest BCUT2D eigenvalue weighted by Crippen LogP contribution is 2.52. The normalized spacial score (nSPS) is 13.4. The molecule has 0 N–H and O–H groups in total. The van der Waals surface area contributed by atoms with Crippen LogP contribution in [-0.4, -0.2) is 19.5 Å². The summed E-state index contributed by atoms with van der Waals surface area (Å²) < 4.78 is 2.28. The number of hydrogen-bond acceptors (Lipinski definition) is 4. The van der Waals surface area contributed by atoms with Gasteiger partial charge in [-0.1, -0.05) is 228 Å². The van der Waals surface area contributed by atoms with Gasteiger partial charge in [0.2, 0.25) is 5.95 Å². The van der Waals surface area contributed by atoms with Crippen LogP contribution in [0.3, 0.4) is 0 Å². The third-order valence-corrected chi connectivity index (χ3v) is 17.1. The molecule has 0 atom stereocenters. The number of anilines is 3. The van der Waals surface area contributed by atoms with Gasteiger partial charge in [0.1, 0.15) is 0 Å². The number of nitrogens with zero attached hydrogens (tertiary/aromatic N) is 5. The molecule has 2 aliphatic carbocycles.